The molecule has 5 heteroatoms. The maximum atomic E-state index is 12.7. The number of amides is 1. The van der Waals surface area contributed by atoms with Gasteiger partial charge < -0.3 is 10.2 Å². The van der Waals surface area contributed by atoms with Crippen molar-refractivity contribution >= 4 is 23.4 Å². The van der Waals surface area contributed by atoms with Crippen LogP contribution >= 0.6 is 11.8 Å². The SMILES string of the molecule is CC1CN(CC(=O)N2CCSc3ccccc32)CC(C)N1. The molecule has 0 bridgehead atoms. The number of carbonyl (C=O) groups is 1. The zero-order chi connectivity index (χ0) is 14.8. The molecule has 114 valence electrons. The second-order valence-corrected chi connectivity index (χ2v) is 7.16. The van der Waals surface area contributed by atoms with E-state index in [9.17, 15) is 4.79 Å². The summed E-state index contributed by atoms with van der Waals surface area (Å²) in [5.41, 5.74) is 1.08. The van der Waals surface area contributed by atoms with Gasteiger partial charge in [-0.2, -0.15) is 0 Å². The van der Waals surface area contributed by atoms with E-state index in [0.29, 0.717) is 18.6 Å². The van der Waals surface area contributed by atoms with Crippen LogP contribution in [0, 0.1) is 0 Å². The number of rotatable bonds is 2. The van der Waals surface area contributed by atoms with Crippen LogP contribution in [-0.2, 0) is 4.79 Å². The van der Waals surface area contributed by atoms with Gasteiger partial charge in [-0.15, -0.1) is 11.8 Å². The van der Waals surface area contributed by atoms with Gasteiger partial charge in [-0.3, -0.25) is 9.69 Å². The number of hydrogen-bond acceptors (Lipinski definition) is 4. The lowest BCUT2D eigenvalue weighted by Gasteiger charge is -2.37. The number of fused-ring (bicyclic) bond motifs is 1. The molecule has 4 nitrogen and oxygen atoms in total. The predicted molar refractivity (Wildman–Crippen MR) is 88.0 cm³/mol. The van der Waals surface area contributed by atoms with E-state index in [1.807, 2.05) is 28.8 Å². The Morgan fingerprint density at radius 3 is 2.76 bits per heavy atom. The lowest BCUT2D eigenvalue weighted by Crippen LogP contribution is -2.56. The molecule has 2 aliphatic rings. The second kappa shape index (κ2) is 6.38. The molecule has 1 aromatic carbocycles. The average Bonchev–Trinajstić information content (AvgIpc) is 2.45. The van der Waals surface area contributed by atoms with E-state index < -0.39 is 0 Å². The minimum atomic E-state index is 0.226. The zero-order valence-corrected chi connectivity index (χ0v) is 13.5. The number of piperazine rings is 1. The molecule has 1 amide bonds. The van der Waals surface area contributed by atoms with E-state index >= 15 is 0 Å². The third-order valence-corrected chi connectivity index (χ3v) is 5.06. The fourth-order valence-electron chi connectivity index (χ4n) is 3.27. The summed E-state index contributed by atoms with van der Waals surface area (Å²) >= 11 is 1.84. The number of nitrogens with one attached hydrogen (secondary N) is 1. The molecule has 0 saturated carbocycles. The van der Waals surface area contributed by atoms with Gasteiger partial charge in [0.2, 0.25) is 5.91 Å². The normalized spacial score (nSPS) is 26.5. The third kappa shape index (κ3) is 3.42. The lowest BCUT2D eigenvalue weighted by atomic mass is 10.1. The first-order valence-electron chi connectivity index (χ1n) is 7.64. The van der Waals surface area contributed by atoms with Crippen LogP contribution in [-0.4, -0.2) is 54.8 Å². The van der Waals surface area contributed by atoms with Gasteiger partial charge in [0.25, 0.3) is 0 Å². The first-order valence-corrected chi connectivity index (χ1v) is 8.62. The van der Waals surface area contributed by atoms with Crippen LogP contribution in [0.5, 0.6) is 0 Å². The summed E-state index contributed by atoms with van der Waals surface area (Å²) in [6.07, 6.45) is 0. The minimum Gasteiger partial charge on any atom is -0.309 e. The number of nitrogens with zero attached hydrogens (tertiary/aromatic N) is 2. The van der Waals surface area contributed by atoms with Gasteiger partial charge in [-0.1, -0.05) is 12.1 Å². The monoisotopic (exact) mass is 305 g/mol. The Kier molecular flexibility index (Phi) is 4.52. The molecule has 2 heterocycles. The highest BCUT2D eigenvalue weighted by Gasteiger charge is 2.27. The highest BCUT2D eigenvalue weighted by Crippen LogP contribution is 2.34. The van der Waals surface area contributed by atoms with Gasteiger partial charge in [0.1, 0.15) is 0 Å². The highest BCUT2D eigenvalue weighted by atomic mass is 32.2. The molecule has 0 aromatic heterocycles. The molecule has 3 rings (SSSR count). The minimum absolute atomic E-state index is 0.226. The highest BCUT2D eigenvalue weighted by molar-refractivity contribution is 7.99. The van der Waals surface area contributed by atoms with E-state index in [4.69, 9.17) is 0 Å². The number of benzene rings is 1. The zero-order valence-electron chi connectivity index (χ0n) is 12.7. The molecular formula is C16H23N3OS. The van der Waals surface area contributed by atoms with Crippen molar-refractivity contribution in [2.75, 3.05) is 36.8 Å². The van der Waals surface area contributed by atoms with Crippen LogP contribution in [0.4, 0.5) is 5.69 Å². The van der Waals surface area contributed by atoms with E-state index in [1.54, 1.807) is 0 Å². The van der Waals surface area contributed by atoms with Crippen molar-refractivity contribution < 1.29 is 4.79 Å². The number of para-hydroxylation sites is 1. The topological polar surface area (TPSA) is 35.6 Å². The van der Waals surface area contributed by atoms with E-state index in [-0.39, 0.29) is 5.91 Å². The average molecular weight is 305 g/mol. The summed E-state index contributed by atoms with van der Waals surface area (Å²) in [5.74, 6) is 1.21. The first-order chi connectivity index (χ1) is 10.1. The Morgan fingerprint density at radius 2 is 2.00 bits per heavy atom. The van der Waals surface area contributed by atoms with Gasteiger partial charge in [-0.05, 0) is 26.0 Å². The van der Waals surface area contributed by atoms with Crippen LogP contribution < -0.4 is 10.2 Å². The van der Waals surface area contributed by atoms with Crippen molar-refractivity contribution in [3.05, 3.63) is 24.3 Å². The van der Waals surface area contributed by atoms with Gasteiger partial charge >= 0.3 is 0 Å². The van der Waals surface area contributed by atoms with Gasteiger partial charge in [0, 0.05) is 42.4 Å². The summed E-state index contributed by atoms with van der Waals surface area (Å²) < 4.78 is 0. The van der Waals surface area contributed by atoms with Gasteiger partial charge in [0.15, 0.2) is 0 Å². The first kappa shape index (κ1) is 14.9. The van der Waals surface area contributed by atoms with E-state index in [1.165, 1.54) is 4.90 Å². The van der Waals surface area contributed by atoms with Crippen molar-refractivity contribution in [1.29, 1.82) is 0 Å². The summed E-state index contributed by atoms with van der Waals surface area (Å²) in [7, 11) is 0. The Hall–Kier alpha value is -1.04. The quantitative estimate of drug-likeness (QED) is 0.904. The molecule has 0 radical (unpaired) electrons. The van der Waals surface area contributed by atoms with Gasteiger partial charge in [0.05, 0.1) is 12.2 Å². The molecule has 1 aromatic rings. The van der Waals surface area contributed by atoms with E-state index in [0.717, 1.165) is 31.1 Å². The molecule has 0 spiro atoms. The Labute approximate surface area is 130 Å². The largest absolute Gasteiger partial charge is 0.309 e. The van der Waals surface area contributed by atoms with Crippen LogP contribution in [0.3, 0.4) is 0 Å². The number of carbonyl (C=O) groups excluding carboxylic acids is 1. The molecule has 1 saturated heterocycles. The smallest absolute Gasteiger partial charge is 0.241 e. The van der Waals surface area contributed by atoms with Crippen molar-refractivity contribution in [3.63, 3.8) is 0 Å². The molecular weight excluding hydrogens is 282 g/mol. The van der Waals surface area contributed by atoms with Crippen LogP contribution in [0.2, 0.25) is 0 Å². The summed E-state index contributed by atoms with van der Waals surface area (Å²) in [5, 5.41) is 3.51. The molecule has 2 aliphatic heterocycles. The second-order valence-electron chi connectivity index (χ2n) is 6.02. The maximum absolute atomic E-state index is 12.7. The third-order valence-electron chi connectivity index (χ3n) is 4.02. The Bertz CT molecular complexity index is 512. The summed E-state index contributed by atoms with van der Waals surface area (Å²) in [4.78, 5) is 18.2. The number of thioether (sulfide) groups is 1. The standard InChI is InChI=1S/C16H23N3OS/c1-12-9-18(10-13(2)17-12)11-16(20)19-7-8-21-15-6-4-3-5-14(15)19/h3-6,12-13,17H,7-11H2,1-2H3. The van der Waals surface area contributed by atoms with Crippen molar-refractivity contribution in [3.8, 4) is 0 Å². The predicted octanol–water partition coefficient (Wildman–Crippen LogP) is 1.81. The van der Waals surface area contributed by atoms with Crippen molar-refractivity contribution in [2.45, 2.75) is 30.8 Å². The molecule has 2 atom stereocenters. The molecule has 0 aliphatic carbocycles. The molecule has 1 N–H and O–H groups in total. The Balaban J connectivity index is 1.69. The summed E-state index contributed by atoms with van der Waals surface area (Å²) in [6.45, 7) is 7.59. The Morgan fingerprint density at radius 1 is 1.29 bits per heavy atom. The van der Waals surface area contributed by atoms with Crippen molar-refractivity contribution in [2.24, 2.45) is 0 Å². The molecule has 21 heavy (non-hydrogen) atoms. The fourth-order valence-corrected chi connectivity index (χ4v) is 4.27. The fraction of sp³-hybridized carbons (Fsp3) is 0.562. The van der Waals surface area contributed by atoms with Crippen molar-refractivity contribution in [1.82, 2.24) is 10.2 Å². The van der Waals surface area contributed by atoms with E-state index in [2.05, 4.69) is 36.2 Å². The molecule has 2 unspecified atom stereocenters. The number of hydrogen-bond donors (Lipinski definition) is 1. The van der Waals surface area contributed by atoms with Crippen LogP contribution in [0.15, 0.2) is 29.2 Å². The van der Waals surface area contributed by atoms with Crippen LogP contribution in [0.25, 0.3) is 0 Å². The lowest BCUT2D eigenvalue weighted by molar-refractivity contribution is -0.120. The summed E-state index contributed by atoms with van der Waals surface area (Å²) in [6, 6.07) is 9.12. The van der Waals surface area contributed by atoms with Crippen LogP contribution in [0.1, 0.15) is 13.8 Å². The molecule has 1 fully saturated rings. The number of anilines is 1. The van der Waals surface area contributed by atoms with Gasteiger partial charge in [-0.25, -0.2) is 0 Å². The maximum Gasteiger partial charge on any atom is 0.241 e.